The van der Waals surface area contributed by atoms with Gasteiger partial charge in [-0.1, -0.05) is 39.8 Å². The largest absolute Gasteiger partial charge is 0.494 e. The van der Waals surface area contributed by atoms with Crippen molar-refractivity contribution in [1.29, 1.82) is 0 Å². The molecule has 2 aromatic rings. The zero-order valence-corrected chi connectivity index (χ0v) is 18.2. The van der Waals surface area contributed by atoms with Crippen molar-refractivity contribution in [3.63, 3.8) is 0 Å². The summed E-state index contributed by atoms with van der Waals surface area (Å²) in [4.78, 5) is 26.5. The van der Waals surface area contributed by atoms with Crippen LogP contribution in [0.2, 0.25) is 0 Å². The highest BCUT2D eigenvalue weighted by atomic mass is 16.5. The summed E-state index contributed by atoms with van der Waals surface area (Å²) < 4.78 is 11.4. The van der Waals surface area contributed by atoms with E-state index in [-0.39, 0.29) is 18.4 Å². The molecule has 2 amide bonds. The van der Waals surface area contributed by atoms with Crippen molar-refractivity contribution in [2.24, 2.45) is 5.41 Å². The Kier molecular flexibility index (Phi) is 6.65. The van der Waals surface area contributed by atoms with Crippen LogP contribution in [0.1, 0.15) is 39.7 Å². The summed E-state index contributed by atoms with van der Waals surface area (Å²) in [6.07, 6.45) is 1.68. The molecule has 0 atom stereocenters. The van der Waals surface area contributed by atoms with E-state index in [1.807, 2.05) is 32.9 Å². The molecule has 0 aromatic heterocycles. The number of hydrogen-bond acceptors (Lipinski definition) is 4. The van der Waals surface area contributed by atoms with E-state index in [0.717, 1.165) is 12.2 Å². The number of ether oxygens (including phenoxy) is 2. The van der Waals surface area contributed by atoms with Crippen LogP contribution in [0.25, 0.3) is 0 Å². The van der Waals surface area contributed by atoms with Crippen molar-refractivity contribution < 1.29 is 19.1 Å². The maximum atomic E-state index is 12.5. The van der Waals surface area contributed by atoms with Gasteiger partial charge in [-0.05, 0) is 48.7 Å². The summed E-state index contributed by atoms with van der Waals surface area (Å²) in [7, 11) is 0. The monoisotopic (exact) mass is 410 g/mol. The molecular weight excluding hydrogens is 380 g/mol. The van der Waals surface area contributed by atoms with Crippen molar-refractivity contribution in [3.05, 3.63) is 48.0 Å². The Morgan fingerprint density at radius 1 is 1.17 bits per heavy atom. The van der Waals surface area contributed by atoms with Gasteiger partial charge in [0.2, 0.25) is 5.91 Å². The number of aryl methyl sites for hydroxylation is 1. The molecule has 1 aliphatic rings. The van der Waals surface area contributed by atoms with Crippen LogP contribution >= 0.6 is 0 Å². The van der Waals surface area contributed by atoms with Gasteiger partial charge < -0.3 is 19.7 Å². The first kappa shape index (κ1) is 21.7. The molecule has 2 aromatic carbocycles. The number of benzene rings is 2. The molecular formula is C24H30N2O4. The van der Waals surface area contributed by atoms with E-state index >= 15 is 0 Å². The predicted molar refractivity (Wildman–Crippen MR) is 118 cm³/mol. The van der Waals surface area contributed by atoms with Gasteiger partial charge in [-0.3, -0.25) is 9.59 Å². The third kappa shape index (κ3) is 5.32. The summed E-state index contributed by atoms with van der Waals surface area (Å²) in [5.41, 5.74) is 2.08. The lowest BCUT2D eigenvalue weighted by atomic mass is 9.95. The molecule has 3 rings (SSSR count). The fourth-order valence-electron chi connectivity index (χ4n) is 3.08. The Balaban J connectivity index is 1.63. The first-order chi connectivity index (χ1) is 14.3. The van der Waals surface area contributed by atoms with Gasteiger partial charge in [-0.2, -0.15) is 0 Å². The second kappa shape index (κ2) is 9.20. The highest BCUT2D eigenvalue weighted by molar-refractivity contribution is 6.00. The maximum Gasteiger partial charge on any atom is 0.265 e. The van der Waals surface area contributed by atoms with E-state index in [1.165, 1.54) is 5.56 Å². The molecule has 0 bridgehead atoms. The molecule has 1 heterocycles. The van der Waals surface area contributed by atoms with Crippen LogP contribution in [-0.2, 0) is 16.0 Å². The van der Waals surface area contributed by atoms with Gasteiger partial charge in [-0.25, -0.2) is 0 Å². The SMILES string of the molecule is CCc1ccc(OCCCN2C(=O)COc3ccc(NC(=O)C(C)(C)C)cc32)cc1. The minimum Gasteiger partial charge on any atom is -0.494 e. The molecule has 0 spiro atoms. The quantitative estimate of drug-likeness (QED) is 0.686. The Morgan fingerprint density at radius 2 is 1.90 bits per heavy atom. The second-order valence-corrected chi connectivity index (χ2v) is 8.42. The summed E-state index contributed by atoms with van der Waals surface area (Å²) >= 11 is 0. The van der Waals surface area contributed by atoms with E-state index in [4.69, 9.17) is 9.47 Å². The Bertz CT molecular complexity index is 900. The summed E-state index contributed by atoms with van der Waals surface area (Å²) in [5.74, 6) is 1.28. The summed E-state index contributed by atoms with van der Waals surface area (Å²) in [6.45, 7) is 8.72. The van der Waals surface area contributed by atoms with Gasteiger partial charge >= 0.3 is 0 Å². The smallest absolute Gasteiger partial charge is 0.265 e. The normalized spacial score (nSPS) is 13.5. The topological polar surface area (TPSA) is 67.9 Å². The summed E-state index contributed by atoms with van der Waals surface area (Å²) in [6, 6.07) is 13.4. The lowest BCUT2D eigenvalue weighted by Gasteiger charge is -2.30. The molecule has 0 aliphatic carbocycles. The lowest BCUT2D eigenvalue weighted by molar-refractivity contribution is -0.123. The number of fused-ring (bicyclic) bond motifs is 1. The highest BCUT2D eigenvalue weighted by Crippen LogP contribution is 2.35. The van der Waals surface area contributed by atoms with E-state index < -0.39 is 5.41 Å². The van der Waals surface area contributed by atoms with Gasteiger partial charge in [0.15, 0.2) is 6.61 Å². The Morgan fingerprint density at radius 3 is 2.57 bits per heavy atom. The molecule has 0 fully saturated rings. The molecule has 1 aliphatic heterocycles. The predicted octanol–water partition coefficient (Wildman–Crippen LogP) is 4.43. The van der Waals surface area contributed by atoms with Crippen molar-refractivity contribution in [3.8, 4) is 11.5 Å². The zero-order valence-electron chi connectivity index (χ0n) is 18.2. The fraction of sp³-hybridized carbons (Fsp3) is 0.417. The first-order valence-electron chi connectivity index (χ1n) is 10.4. The van der Waals surface area contributed by atoms with Crippen LogP contribution in [0.5, 0.6) is 11.5 Å². The molecule has 6 nitrogen and oxygen atoms in total. The standard InChI is InChI=1S/C24H30N2O4/c1-5-17-7-10-19(11-8-17)29-14-6-13-26-20-15-18(25-23(28)24(2,3)4)9-12-21(20)30-16-22(26)27/h7-12,15H,5-6,13-14,16H2,1-4H3,(H,25,28). The minimum absolute atomic E-state index is 0.0139. The van der Waals surface area contributed by atoms with Crippen molar-refractivity contribution in [2.45, 2.75) is 40.5 Å². The fourth-order valence-corrected chi connectivity index (χ4v) is 3.08. The van der Waals surface area contributed by atoms with Crippen LogP contribution in [0, 0.1) is 5.41 Å². The van der Waals surface area contributed by atoms with E-state index in [0.29, 0.717) is 36.7 Å². The number of nitrogens with one attached hydrogen (secondary N) is 1. The first-order valence-corrected chi connectivity index (χ1v) is 10.4. The average molecular weight is 411 g/mol. The maximum absolute atomic E-state index is 12.5. The van der Waals surface area contributed by atoms with Gasteiger partial charge in [0.25, 0.3) is 5.91 Å². The Labute approximate surface area is 178 Å². The number of nitrogens with zero attached hydrogens (tertiary/aromatic N) is 1. The molecule has 0 radical (unpaired) electrons. The molecule has 0 saturated heterocycles. The van der Waals surface area contributed by atoms with Crippen LogP contribution < -0.4 is 19.7 Å². The molecule has 0 unspecified atom stereocenters. The molecule has 1 N–H and O–H groups in total. The van der Waals surface area contributed by atoms with Crippen molar-refractivity contribution >= 4 is 23.2 Å². The molecule has 160 valence electrons. The number of amides is 2. The number of carbonyl (C=O) groups excluding carboxylic acids is 2. The average Bonchev–Trinajstić information content (AvgIpc) is 2.72. The van der Waals surface area contributed by atoms with Crippen molar-refractivity contribution in [1.82, 2.24) is 0 Å². The summed E-state index contributed by atoms with van der Waals surface area (Å²) in [5, 5.41) is 2.91. The van der Waals surface area contributed by atoms with E-state index in [2.05, 4.69) is 24.4 Å². The molecule has 6 heteroatoms. The third-order valence-corrected chi connectivity index (χ3v) is 4.97. The van der Waals surface area contributed by atoms with Crippen molar-refractivity contribution in [2.75, 3.05) is 30.0 Å². The zero-order chi connectivity index (χ0) is 21.7. The highest BCUT2D eigenvalue weighted by Gasteiger charge is 2.27. The van der Waals surface area contributed by atoms with Crippen LogP contribution in [0.15, 0.2) is 42.5 Å². The van der Waals surface area contributed by atoms with Crippen LogP contribution in [-0.4, -0.2) is 31.6 Å². The number of anilines is 2. The van der Waals surface area contributed by atoms with Gasteiger partial charge in [0, 0.05) is 17.6 Å². The minimum atomic E-state index is -0.505. The van der Waals surface area contributed by atoms with Crippen LogP contribution in [0.4, 0.5) is 11.4 Å². The number of hydrogen-bond donors (Lipinski definition) is 1. The molecule has 30 heavy (non-hydrogen) atoms. The van der Waals surface area contributed by atoms with Crippen LogP contribution in [0.3, 0.4) is 0 Å². The lowest BCUT2D eigenvalue weighted by Crippen LogP contribution is -2.40. The van der Waals surface area contributed by atoms with Gasteiger partial charge in [-0.15, -0.1) is 0 Å². The van der Waals surface area contributed by atoms with Gasteiger partial charge in [0.1, 0.15) is 11.5 Å². The second-order valence-electron chi connectivity index (χ2n) is 8.42. The Hall–Kier alpha value is -3.02. The number of rotatable bonds is 7. The molecule has 0 saturated carbocycles. The van der Waals surface area contributed by atoms with Gasteiger partial charge in [0.05, 0.1) is 12.3 Å². The van der Waals surface area contributed by atoms with E-state index in [1.54, 1.807) is 23.1 Å². The number of carbonyl (C=O) groups is 2. The third-order valence-electron chi connectivity index (χ3n) is 4.97. The van der Waals surface area contributed by atoms with E-state index in [9.17, 15) is 9.59 Å².